The number of methoxy groups -OCH3 is 1. The van der Waals surface area contributed by atoms with Crippen LogP contribution in [0.5, 0.6) is 5.75 Å². The third-order valence-corrected chi connectivity index (χ3v) is 4.90. The quantitative estimate of drug-likeness (QED) is 0.864. The van der Waals surface area contributed by atoms with Crippen LogP contribution in [0.2, 0.25) is 0 Å². The van der Waals surface area contributed by atoms with Crippen molar-refractivity contribution < 1.29 is 19.1 Å². The number of nitrogens with zero attached hydrogens (tertiary/aromatic N) is 1. The van der Waals surface area contributed by atoms with E-state index in [1.165, 1.54) is 0 Å². The van der Waals surface area contributed by atoms with Gasteiger partial charge in [0.05, 0.1) is 37.1 Å². The highest BCUT2D eigenvalue weighted by Crippen LogP contribution is 2.34. The number of hydrogen-bond donors (Lipinski definition) is 2. The van der Waals surface area contributed by atoms with Crippen LogP contribution in [0.15, 0.2) is 35.5 Å². The summed E-state index contributed by atoms with van der Waals surface area (Å²) in [6.07, 6.45) is 2.09. The molecule has 3 aliphatic heterocycles. The van der Waals surface area contributed by atoms with Gasteiger partial charge in [-0.1, -0.05) is 12.1 Å². The van der Waals surface area contributed by atoms with Gasteiger partial charge in [-0.25, -0.2) is 4.79 Å². The molecule has 0 bridgehead atoms. The molecule has 7 nitrogen and oxygen atoms in total. The normalized spacial score (nSPS) is 25.7. The van der Waals surface area contributed by atoms with E-state index in [0.29, 0.717) is 30.1 Å². The van der Waals surface area contributed by atoms with Crippen molar-refractivity contribution >= 4 is 11.9 Å². The smallest absolute Gasteiger partial charge is 0.319 e. The van der Waals surface area contributed by atoms with Crippen LogP contribution < -0.4 is 15.4 Å². The Kier molecular flexibility index (Phi) is 4.09. The molecule has 4 rings (SSSR count). The monoisotopic (exact) mass is 343 g/mol. The minimum atomic E-state index is -0.471. The van der Waals surface area contributed by atoms with Gasteiger partial charge in [0.2, 0.25) is 0 Å². The average molecular weight is 343 g/mol. The van der Waals surface area contributed by atoms with E-state index in [4.69, 9.17) is 9.47 Å². The van der Waals surface area contributed by atoms with E-state index in [-0.39, 0.29) is 18.0 Å². The number of carbonyl (C=O) groups is 2. The van der Waals surface area contributed by atoms with Crippen LogP contribution in [0.4, 0.5) is 4.79 Å². The van der Waals surface area contributed by atoms with Crippen LogP contribution in [-0.4, -0.2) is 49.7 Å². The Morgan fingerprint density at radius 2 is 2.24 bits per heavy atom. The Hall–Kier alpha value is -2.54. The van der Waals surface area contributed by atoms with Gasteiger partial charge in [0.1, 0.15) is 5.75 Å². The van der Waals surface area contributed by atoms with Gasteiger partial charge in [-0.2, -0.15) is 0 Å². The highest BCUT2D eigenvalue weighted by atomic mass is 16.5. The molecule has 25 heavy (non-hydrogen) atoms. The van der Waals surface area contributed by atoms with E-state index in [0.717, 1.165) is 25.0 Å². The number of hydrogen-bond acceptors (Lipinski definition) is 4. The topological polar surface area (TPSA) is 79.9 Å². The fourth-order valence-electron chi connectivity index (χ4n) is 3.68. The maximum Gasteiger partial charge on any atom is 0.319 e. The van der Waals surface area contributed by atoms with Crippen molar-refractivity contribution in [1.82, 2.24) is 15.5 Å². The highest BCUT2D eigenvalue weighted by Gasteiger charge is 2.41. The van der Waals surface area contributed by atoms with Crippen LogP contribution >= 0.6 is 0 Å². The third-order valence-electron chi connectivity index (χ3n) is 4.90. The van der Waals surface area contributed by atoms with Crippen LogP contribution in [0.1, 0.15) is 24.4 Å². The molecule has 0 spiro atoms. The zero-order chi connectivity index (χ0) is 17.4. The van der Waals surface area contributed by atoms with Crippen LogP contribution in [0.3, 0.4) is 0 Å². The summed E-state index contributed by atoms with van der Waals surface area (Å²) in [4.78, 5) is 26.8. The number of ether oxygens (including phenoxy) is 2. The Morgan fingerprint density at radius 1 is 1.36 bits per heavy atom. The number of nitrogens with one attached hydrogen (secondary N) is 2. The lowest BCUT2D eigenvalue weighted by atomic mass is 9.96. The minimum Gasteiger partial charge on any atom is -0.497 e. The van der Waals surface area contributed by atoms with Crippen molar-refractivity contribution in [2.45, 2.75) is 25.0 Å². The highest BCUT2D eigenvalue weighted by molar-refractivity contribution is 6.01. The number of urea groups is 1. The molecule has 1 fully saturated rings. The first-order chi connectivity index (χ1) is 12.2. The second kappa shape index (κ2) is 6.40. The molecule has 0 unspecified atom stereocenters. The summed E-state index contributed by atoms with van der Waals surface area (Å²) in [5, 5.41) is 5.64. The Morgan fingerprint density at radius 3 is 3.00 bits per heavy atom. The molecule has 0 aromatic heterocycles. The van der Waals surface area contributed by atoms with Crippen LogP contribution in [0.25, 0.3) is 0 Å². The van der Waals surface area contributed by atoms with Gasteiger partial charge in [-0.3, -0.25) is 4.79 Å². The predicted octanol–water partition coefficient (Wildman–Crippen LogP) is 1.32. The number of amides is 3. The Balaban J connectivity index is 1.61. The van der Waals surface area contributed by atoms with Crippen LogP contribution in [0, 0.1) is 0 Å². The molecule has 132 valence electrons. The predicted molar refractivity (Wildman–Crippen MR) is 90.0 cm³/mol. The van der Waals surface area contributed by atoms with Gasteiger partial charge in [-0.05, 0) is 30.5 Å². The van der Waals surface area contributed by atoms with Gasteiger partial charge < -0.3 is 25.0 Å². The largest absolute Gasteiger partial charge is 0.497 e. The molecular formula is C18H21N3O4. The molecule has 2 N–H and O–H groups in total. The molecule has 0 aliphatic carbocycles. The number of benzene rings is 1. The number of rotatable bonds is 4. The maximum atomic E-state index is 13.0. The molecule has 3 aliphatic rings. The molecule has 3 heterocycles. The summed E-state index contributed by atoms with van der Waals surface area (Å²) in [7, 11) is 1.59. The standard InChI is InChI=1S/C18H21N3O4/c1-24-12-5-2-4-11(8-12)16-15-14(19-18(23)20-16)10-21(17(15)22)9-13-6-3-7-25-13/h2,4-5,8,13,16H,3,6-7,9-10H2,1H3,(H2,19,20,23)/t13-,16-/m0/s1. The Bertz CT molecular complexity index is 740. The summed E-state index contributed by atoms with van der Waals surface area (Å²) >= 11 is 0. The van der Waals surface area contributed by atoms with Gasteiger partial charge in [0.15, 0.2) is 0 Å². The molecule has 1 saturated heterocycles. The molecule has 0 radical (unpaired) electrons. The average Bonchev–Trinajstić information content (AvgIpc) is 3.23. The second-order valence-corrected chi connectivity index (χ2v) is 6.52. The lowest BCUT2D eigenvalue weighted by Gasteiger charge is -2.26. The second-order valence-electron chi connectivity index (χ2n) is 6.52. The van der Waals surface area contributed by atoms with E-state index in [2.05, 4.69) is 10.6 Å². The van der Waals surface area contributed by atoms with Gasteiger partial charge in [0, 0.05) is 13.2 Å². The SMILES string of the molecule is COc1cccc([C@@H]2NC(=O)NC3=C2C(=O)N(C[C@@H]2CCCO2)C3)c1. The minimum absolute atomic E-state index is 0.0502. The van der Waals surface area contributed by atoms with Crippen LogP contribution in [-0.2, 0) is 9.53 Å². The van der Waals surface area contributed by atoms with Crippen molar-refractivity contribution in [2.75, 3.05) is 26.8 Å². The first-order valence-corrected chi connectivity index (χ1v) is 8.51. The molecule has 0 saturated carbocycles. The molecular weight excluding hydrogens is 322 g/mol. The first-order valence-electron chi connectivity index (χ1n) is 8.51. The van der Waals surface area contributed by atoms with E-state index in [9.17, 15) is 9.59 Å². The first kappa shape index (κ1) is 16.0. The summed E-state index contributed by atoms with van der Waals surface area (Å²) in [5.41, 5.74) is 2.11. The van der Waals surface area contributed by atoms with E-state index in [1.807, 2.05) is 24.3 Å². The van der Waals surface area contributed by atoms with E-state index >= 15 is 0 Å². The van der Waals surface area contributed by atoms with Gasteiger partial charge >= 0.3 is 6.03 Å². The lowest BCUT2D eigenvalue weighted by molar-refractivity contribution is -0.127. The van der Waals surface area contributed by atoms with Crippen molar-refractivity contribution in [3.05, 3.63) is 41.1 Å². The van der Waals surface area contributed by atoms with E-state index < -0.39 is 6.04 Å². The van der Waals surface area contributed by atoms with Crippen molar-refractivity contribution in [1.29, 1.82) is 0 Å². The Labute approximate surface area is 146 Å². The summed E-state index contributed by atoms with van der Waals surface area (Å²) in [5.74, 6) is 0.639. The summed E-state index contributed by atoms with van der Waals surface area (Å²) < 4.78 is 10.9. The molecule has 3 amide bonds. The van der Waals surface area contributed by atoms with Gasteiger partial charge in [-0.15, -0.1) is 0 Å². The van der Waals surface area contributed by atoms with Crippen molar-refractivity contribution in [3.63, 3.8) is 0 Å². The fraction of sp³-hybridized carbons (Fsp3) is 0.444. The third kappa shape index (κ3) is 2.95. The molecule has 7 heteroatoms. The summed E-state index contributed by atoms with van der Waals surface area (Å²) in [6.45, 7) is 1.74. The number of carbonyl (C=O) groups excluding carboxylic acids is 2. The molecule has 2 atom stereocenters. The molecule has 1 aromatic carbocycles. The zero-order valence-electron chi connectivity index (χ0n) is 14.1. The molecule has 1 aromatic rings. The van der Waals surface area contributed by atoms with Crippen molar-refractivity contribution in [3.8, 4) is 5.75 Å². The zero-order valence-corrected chi connectivity index (χ0v) is 14.1. The van der Waals surface area contributed by atoms with Crippen molar-refractivity contribution in [2.24, 2.45) is 0 Å². The maximum absolute atomic E-state index is 13.0. The lowest BCUT2D eigenvalue weighted by Crippen LogP contribution is -2.44. The fourth-order valence-corrected chi connectivity index (χ4v) is 3.68. The summed E-state index contributed by atoms with van der Waals surface area (Å²) in [6, 6.07) is 6.66. The van der Waals surface area contributed by atoms with E-state index in [1.54, 1.807) is 12.0 Å². The van der Waals surface area contributed by atoms with Gasteiger partial charge in [0.25, 0.3) is 5.91 Å².